The Bertz CT molecular complexity index is 1320. The van der Waals surface area contributed by atoms with E-state index in [2.05, 4.69) is 20.6 Å². The molecule has 0 radical (unpaired) electrons. The molecule has 1 saturated carbocycles. The zero-order chi connectivity index (χ0) is 28.6. The molecular formula is C26H38N8O6. The van der Waals surface area contributed by atoms with Gasteiger partial charge in [0, 0.05) is 48.0 Å². The van der Waals surface area contributed by atoms with E-state index < -0.39 is 61.0 Å². The molecule has 0 unspecified atom stereocenters. The highest BCUT2D eigenvalue weighted by atomic mass is 16.7. The summed E-state index contributed by atoms with van der Waals surface area (Å²) < 4.78 is 11.8. The van der Waals surface area contributed by atoms with Crippen LogP contribution in [0.3, 0.4) is 0 Å². The number of amides is 1. The average Bonchev–Trinajstić information content (AvgIpc) is 3.33. The van der Waals surface area contributed by atoms with Gasteiger partial charge in [-0.2, -0.15) is 0 Å². The van der Waals surface area contributed by atoms with Crippen LogP contribution in [0.4, 0.5) is 0 Å². The van der Waals surface area contributed by atoms with Crippen molar-refractivity contribution in [2.45, 2.75) is 67.4 Å². The zero-order valence-corrected chi connectivity index (χ0v) is 21.9. The molecule has 1 saturated heterocycles. The molecule has 14 heteroatoms. The van der Waals surface area contributed by atoms with Gasteiger partial charge in [0.1, 0.15) is 24.0 Å². The van der Waals surface area contributed by atoms with Crippen LogP contribution in [0.1, 0.15) is 16.9 Å². The van der Waals surface area contributed by atoms with Gasteiger partial charge in [0.25, 0.3) is 5.91 Å². The number of aromatic nitrogens is 2. The lowest BCUT2D eigenvalue weighted by Crippen LogP contribution is -2.70. The smallest absolute Gasteiger partial charge is 0.269 e. The molecule has 2 aromatic heterocycles. The highest BCUT2D eigenvalue weighted by molar-refractivity contribution is 6.09. The largest absolute Gasteiger partial charge is 0.390 e. The first-order valence-corrected chi connectivity index (χ1v) is 13.4. The normalized spacial score (nSPS) is 34.8. The summed E-state index contributed by atoms with van der Waals surface area (Å²) in [7, 11) is 0. The Hall–Kier alpha value is -2.76. The number of aliphatic hydroxyl groups excluding tert-OH is 3. The van der Waals surface area contributed by atoms with Crippen LogP contribution in [-0.2, 0) is 9.47 Å². The summed E-state index contributed by atoms with van der Waals surface area (Å²) in [4.78, 5) is 20.4. The predicted octanol–water partition coefficient (Wildman–Crippen LogP) is -3.06. The van der Waals surface area contributed by atoms with E-state index in [0.29, 0.717) is 0 Å². The van der Waals surface area contributed by atoms with Crippen molar-refractivity contribution in [3.05, 3.63) is 42.2 Å². The van der Waals surface area contributed by atoms with Crippen molar-refractivity contribution in [3.63, 3.8) is 0 Å². The summed E-state index contributed by atoms with van der Waals surface area (Å²) in [6, 6.07) is 6.56. The van der Waals surface area contributed by atoms with Gasteiger partial charge in [-0.25, -0.2) is 4.98 Å². The van der Waals surface area contributed by atoms with Gasteiger partial charge in [-0.15, -0.1) is 0 Å². The molecule has 1 aromatic carbocycles. The van der Waals surface area contributed by atoms with E-state index in [1.165, 1.54) is 0 Å². The highest BCUT2D eigenvalue weighted by Crippen LogP contribution is 2.27. The average molecular weight is 559 g/mol. The Morgan fingerprint density at radius 2 is 1.82 bits per heavy atom. The van der Waals surface area contributed by atoms with E-state index in [1.807, 2.05) is 24.3 Å². The van der Waals surface area contributed by atoms with E-state index in [1.54, 1.807) is 12.3 Å². The Kier molecular flexibility index (Phi) is 8.63. The van der Waals surface area contributed by atoms with Crippen LogP contribution in [0, 0.1) is 0 Å². The molecule has 2 fully saturated rings. The van der Waals surface area contributed by atoms with E-state index in [0.717, 1.165) is 21.8 Å². The topological polar surface area (TPSA) is 253 Å². The minimum atomic E-state index is -1.32. The molecule has 0 bridgehead atoms. The fourth-order valence-electron chi connectivity index (χ4n) is 5.54. The van der Waals surface area contributed by atoms with Crippen LogP contribution in [0.5, 0.6) is 0 Å². The fraction of sp³-hybridized carbons (Fsp3) is 0.538. The van der Waals surface area contributed by atoms with Crippen molar-refractivity contribution >= 4 is 27.7 Å². The molecule has 1 aliphatic heterocycles. The van der Waals surface area contributed by atoms with Crippen molar-refractivity contribution in [2.24, 2.45) is 22.9 Å². The molecule has 3 heterocycles. The van der Waals surface area contributed by atoms with Gasteiger partial charge in [0.2, 0.25) is 0 Å². The lowest BCUT2D eigenvalue weighted by Gasteiger charge is -2.47. The standard InChI is InChI=1S/C26H38N8O6/c27-9-18-22(36)23(37)19(30)26(39-18)40-24-14(29)8-13(28)21(35)20(24)31-5-6-32-25(38)16-7-12-11-3-1-2-4-15(11)34-17(12)10-33-16/h1-4,7,10,13-14,18-24,26,31,34-37H,5-6,8-9,27-30H2,(H,32,38)/t13-,14+,18-,19-,20+,21+,22-,23-,24-,26+/m1/s1. The quantitative estimate of drug-likeness (QED) is 0.124. The van der Waals surface area contributed by atoms with Crippen molar-refractivity contribution in [1.82, 2.24) is 20.6 Å². The third kappa shape index (κ3) is 5.56. The summed E-state index contributed by atoms with van der Waals surface area (Å²) in [5.41, 5.74) is 26.3. The monoisotopic (exact) mass is 558 g/mol. The second-order valence-electron chi connectivity index (χ2n) is 10.5. The van der Waals surface area contributed by atoms with E-state index in [4.69, 9.17) is 32.4 Å². The Labute approximate surface area is 230 Å². The van der Waals surface area contributed by atoms with Crippen LogP contribution in [-0.4, -0.2) is 112 Å². The number of H-pyrrole nitrogens is 1. The molecule has 14 N–H and O–H groups in total. The number of carbonyl (C=O) groups is 1. The summed E-state index contributed by atoms with van der Waals surface area (Å²) in [6.45, 7) is 0.414. The summed E-state index contributed by atoms with van der Waals surface area (Å²) >= 11 is 0. The number of nitrogens with one attached hydrogen (secondary N) is 3. The van der Waals surface area contributed by atoms with Crippen molar-refractivity contribution in [2.75, 3.05) is 19.6 Å². The van der Waals surface area contributed by atoms with E-state index in [9.17, 15) is 20.1 Å². The number of fused-ring (bicyclic) bond motifs is 3. The van der Waals surface area contributed by atoms with Gasteiger partial charge in [-0.1, -0.05) is 18.2 Å². The van der Waals surface area contributed by atoms with Gasteiger partial charge in [-0.3, -0.25) is 4.79 Å². The van der Waals surface area contributed by atoms with Crippen molar-refractivity contribution < 1.29 is 29.6 Å². The number of nitrogens with zero attached hydrogens (tertiary/aromatic N) is 1. The van der Waals surface area contributed by atoms with Crippen LogP contribution >= 0.6 is 0 Å². The molecular weight excluding hydrogens is 520 g/mol. The first kappa shape index (κ1) is 28.8. The van der Waals surface area contributed by atoms with Crippen molar-refractivity contribution in [1.29, 1.82) is 0 Å². The van der Waals surface area contributed by atoms with Crippen LogP contribution < -0.4 is 33.6 Å². The minimum absolute atomic E-state index is 0.0570. The highest BCUT2D eigenvalue weighted by Gasteiger charge is 2.48. The van der Waals surface area contributed by atoms with E-state index >= 15 is 0 Å². The lowest BCUT2D eigenvalue weighted by molar-refractivity contribution is -0.279. The number of aromatic amines is 1. The number of para-hydroxylation sites is 1. The van der Waals surface area contributed by atoms with Crippen LogP contribution in [0.2, 0.25) is 0 Å². The van der Waals surface area contributed by atoms with Gasteiger partial charge < -0.3 is 63.3 Å². The number of ether oxygens (including phenoxy) is 2. The zero-order valence-electron chi connectivity index (χ0n) is 21.9. The Morgan fingerprint density at radius 1 is 1.05 bits per heavy atom. The number of pyridine rings is 1. The SMILES string of the molecule is NC[C@H]1O[C@@H](O[C@H]2[C@@H](NCCNC(=O)c3cc4c(cn3)[nH]c3ccccc34)[C@@H](O)[C@H](N)C[C@@H]2N)[C@H](N)[C@@H](O)[C@@H]1O. The third-order valence-corrected chi connectivity index (χ3v) is 7.81. The Morgan fingerprint density at radius 3 is 2.60 bits per heavy atom. The predicted molar refractivity (Wildman–Crippen MR) is 147 cm³/mol. The third-order valence-electron chi connectivity index (χ3n) is 7.81. The van der Waals surface area contributed by atoms with E-state index in [-0.39, 0.29) is 37.7 Å². The maximum Gasteiger partial charge on any atom is 0.269 e. The minimum Gasteiger partial charge on any atom is -0.390 e. The van der Waals surface area contributed by atoms with Gasteiger partial charge >= 0.3 is 0 Å². The number of hydrogen-bond acceptors (Lipinski definition) is 12. The number of nitrogens with two attached hydrogens (primary N) is 4. The lowest BCUT2D eigenvalue weighted by atomic mass is 9.82. The number of aliphatic hydroxyl groups is 3. The summed E-state index contributed by atoms with van der Waals surface area (Å²) in [5.74, 6) is -0.346. The molecule has 218 valence electrons. The molecule has 40 heavy (non-hydrogen) atoms. The summed E-state index contributed by atoms with van der Waals surface area (Å²) in [6.07, 6.45) is -4.50. The molecule has 1 amide bonds. The molecule has 10 atom stereocenters. The summed E-state index contributed by atoms with van der Waals surface area (Å²) in [5, 5.41) is 39.3. The second-order valence-corrected chi connectivity index (χ2v) is 10.5. The number of benzene rings is 1. The Balaban J connectivity index is 1.21. The maximum absolute atomic E-state index is 12.8. The molecule has 14 nitrogen and oxygen atoms in total. The molecule has 2 aliphatic rings. The second kappa shape index (κ2) is 12.0. The van der Waals surface area contributed by atoms with Gasteiger partial charge in [-0.05, 0) is 18.6 Å². The number of carbonyl (C=O) groups excluding carboxylic acids is 1. The maximum atomic E-state index is 12.8. The molecule has 3 aromatic rings. The number of rotatable bonds is 8. The molecule has 1 aliphatic carbocycles. The van der Waals surface area contributed by atoms with Crippen LogP contribution in [0.25, 0.3) is 21.8 Å². The van der Waals surface area contributed by atoms with Gasteiger partial charge in [0.05, 0.1) is 36.0 Å². The van der Waals surface area contributed by atoms with Gasteiger partial charge in [0.15, 0.2) is 6.29 Å². The molecule has 0 spiro atoms. The number of hydrogen-bond donors (Lipinski definition) is 10. The molecule has 5 rings (SSSR count). The first-order chi connectivity index (χ1) is 19.2. The fourth-order valence-corrected chi connectivity index (χ4v) is 5.54. The van der Waals surface area contributed by atoms with Crippen LogP contribution in [0.15, 0.2) is 36.5 Å². The van der Waals surface area contributed by atoms with Crippen molar-refractivity contribution in [3.8, 4) is 0 Å². The first-order valence-electron chi connectivity index (χ1n) is 13.4.